The molecule has 0 saturated carbocycles. The molecule has 2 rings (SSSR count). The second-order valence-corrected chi connectivity index (χ2v) is 6.17. The largest absolute Gasteiger partial charge is 0.303 e. The highest BCUT2D eigenvalue weighted by Crippen LogP contribution is 2.21. The van der Waals surface area contributed by atoms with Gasteiger partial charge in [-0.25, -0.2) is 0 Å². The van der Waals surface area contributed by atoms with Gasteiger partial charge in [-0.1, -0.05) is 68.1 Å². The Labute approximate surface area is 149 Å². The molecule has 0 aromatic heterocycles. The third kappa shape index (κ3) is 6.02. The highest BCUT2D eigenvalue weighted by Gasteiger charge is 2.08. The van der Waals surface area contributed by atoms with Crippen molar-refractivity contribution in [1.29, 1.82) is 0 Å². The Morgan fingerprint density at radius 3 is 2.04 bits per heavy atom. The average molecular weight is 350 g/mol. The molecule has 23 heavy (non-hydrogen) atoms. The molecule has 2 aromatic carbocycles. The van der Waals surface area contributed by atoms with Gasteiger partial charge in [0.15, 0.2) is 0 Å². The summed E-state index contributed by atoms with van der Waals surface area (Å²) >= 11 is 1.41. The highest BCUT2D eigenvalue weighted by molar-refractivity contribution is 8.14. The molecule has 124 valence electrons. The molecule has 2 nitrogen and oxygen atoms in total. The first-order chi connectivity index (χ1) is 10.7. The Hall–Kier alpha value is -1.29. The number of benzene rings is 2. The van der Waals surface area contributed by atoms with E-state index in [1.54, 1.807) is 0 Å². The predicted octanol–water partition coefficient (Wildman–Crippen LogP) is 4.99. The molecule has 0 N–H and O–H groups in total. The van der Waals surface area contributed by atoms with Crippen LogP contribution in [-0.4, -0.2) is 35.4 Å². The number of hydrogen-bond donors (Lipinski definition) is 0. The van der Waals surface area contributed by atoms with Crippen molar-refractivity contribution >= 4 is 29.3 Å². The van der Waals surface area contributed by atoms with E-state index in [9.17, 15) is 4.79 Å². The van der Waals surface area contributed by atoms with Crippen LogP contribution in [0.5, 0.6) is 0 Å². The van der Waals surface area contributed by atoms with Crippen molar-refractivity contribution in [3.8, 4) is 11.1 Å². The number of rotatable bonds is 7. The molecule has 0 fully saturated rings. The van der Waals surface area contributed by atoms with E-state index < -0.39 is 0 Å². The fraction of sp³-hybridized carbons (Fsp3) is 0.316. The van der Waals surface area contributed by atoms with E-state index >= 15 is 0 Å². The molecule has 4 heteroatoms. The summed E-state index contributed by atoms with van der Waals surface area (Å²) in [5.41, 5.74) is 3.10. The SMILES string of the molecule is CCN(CC)CCSC(=O)c1ccc(-c2ccccc2)cc1.Cl. The van der Waals surface area contributed by atoms with Gasteiger partial charge in [-0.15, -0.1) is 12.4 Å². The maximum atomic E-state index is 12.2. The number of nitrogens with zero attached hydrogens (tertiary/aromatic N) is 1. The molecule has 0 spiro atoms. The quantitative estimate of drug-likeness (QED) is 0.702. The third-order valence-corrected chi connectivity index (χ3v) is 4.65. The van der Waals surface area contributed by atoms with Crippen LogP contribution in [-0.2, 0) is 0 Å². The van der Waals surface area contributed by atoms with Crippen LogP contribution in [0.15, 0.2) is 54.6 Å². The summed E-state index contributed by atoms with van der Waals surface area (Å²) in [5, 5.41) is 0.159. The lowest BCUT2D eigenvalue weighted by Crippen LogP contribution is -2.25. The van der Waals surface area contributed by atoms with E-state index in [-0.39, 0.29) is 17.5 Å². The van der Waals surface area contributed by atoms with E-state index in [1.165, 1.54) is 17.3 Å². The zero-order valence-corrected chi connectivity index (χ0v) is 15.3. The van der Waals surface area contributed by atoms with Gasteiger partial charge < -0.3 is 4.90 Å². The number of carbonyl (C=O) groups excluding carboxylic acids is 1. The lowest BCUT2D eigenvalue weighted by molar-refractivity contribution is 0.108. The zero-order chi connectivity index (χ0) is 15.8. The molecule has 0 saturated heterocycles. The number of hydrogen-bond acceptors (Lipinski definition) is 3. The maximum Gasteiger partial charge on any atom is 0.219 e. The van der Waals surface area contributed by atoms with Crippen LogP contribution >= 0.6 is 24.2 Å². The fourth-order valence-electron chi connectivity index (χ4n) is 2.32. The molecule has 0 unspecified atom stereocenters. The van der Waals surface area contributed by atoms with Crippen LogP contribution in [0.3, 0.4) is 0 Å². The number of carbonyl (C=O) groups is 1. The normalized spacial score (nSPS) is 10.4. The van der Waals surface area contributed by atoms with Crippen molar-refractivity contribution in [3.63, 3.8) is 0 Å². The van der Waals surface area contributed by atoms with Gasteiger partial charge in [0.1, 0.15) is 0 Å². The maximum absolute atomic E-state index is 12.2. The Morgan fingerprint density at radius 1 is 0.913 bits per heavy atom. The topological polar surface area (TPSA) is 20.3 Å². The first-order valence-electron chi connectivity index (χ1n) is 7.79. The van der Waals surface area contributed by atoms with Gasteiger partial charge in [0, 0.05) is 17.9 Å². The van der Waals surface area contributed by atoms with E-state index in [2.05, 4.69) is 30.9 Å². The lowest BCUT2D eigenvalue weighted by Gasteiger charge is -2.16. The Balaban J connectivity index is 0.00000264. The minimum atomic E-state index is 0. The summed E-state index contributed by atoms with van der Waals surface area (Å²) < 4.78 is 0. The lowest BCUT2D eigenvalue weighted by atomic mass is 10.0. The van der Waals surface area contributed by atoms with Crippen molar-refractivity contribution in [1.82, 2.24) is 4.90 Å². The van der Waals surface area contributed by atoms with Gasteiger partial charge in [0.2, 0.25) is 5.12 Å². The smallest absolute Gasteiger partial charge is 0.219 e. The van der Waals surface area contributed by atoms with E-state index in [1.807, 2.05) is 42.5 Å². The van der Waals surface area contributed by atoms with E-state index in [0.717, 1.165) is 36.5 Å². The van der Waals surface area contributed by atoms with Crippen molar-refractivity contribution in [2.75, 3.05) is 25.4 Å². The summed E-state index contributed by atoms with van der Waals surface area (Å²) in [5.74, 6) is 0.848. The van der Waals surface area contributed by atoms with Gasteiger partial charge in [-0.05, 0) is 36.3 Å². The fourth-order valence-corrected chi connectivity index (χ4v) is 3.16. The molecule has 2 aromatic rings. The van der Waals surface area contributed by atoms with Crippen LogP contribution in [0.4, 0.5) is 0 Å². The molecule has 0 amide bonds. The standard InChI is InChI=1S/C19H23NOS.ClH/c1-3-20(4-2)14-15-22-19(21)18-12-10-17(11-13-18)16-8-6-5-7-9-16;/h5-13H,3-4,14-15H2,1-2H3;1H. The van der Waals surface area contributed by atoms with Crippen molar-refractivity contribution < 1.29 is 4.79 Å². The van der Waals surface area contributed by atoms with Crippen LogP contribution in [0.25, 0.3) is 11.1 Å². The minimum Gasteiger partial charge on any atom is -0.303 e. The van der Waals surface area contributed by atoms with Gasteiger partial charge in [0.25, 0.3) is 0 Å². The Morgan fingerprint density at radius 2 is 1.48 bits per heavy atom. The molecule has 0 heterocycles. The Bertz CT molecular complexity index is 582. The molecule has 0 aliphatic rings. The summed E-state index contributed by atoms with van der Waals surface area (Å²) in [6.07, 6.45) is 0. The van der Waals surface area contributed by atoms with E-state index in [4.69, 9.17) is 0 Å². The van der Waals surface area contributed by atoms with Gasteiger partial charge in [-0.2, -0.15) is 0 Å². The van der Waals surface area contributed by atoms with Crippen LogP contribution in [0.1, 0.15) is 24.2 Å². The summed E-state index contributed by atoms with van der Waals surface area (Å²) in [6.45, 7) is 7.34. The van der Waals surface area contributed by atoms with Gasteiger partial charge in [-0.3, -0.25) is 4.79 Å². The van der Waals surface area contributed by atoms with Crippen molar-refractivity contribution in [2.24, 2.45) is 0 Å². The molecule has 0 bridgehead atoms. The summed E-state index contributed by atoms with van der Waals surface area (Å²) in [6, 6.07) is 18.1. The van der Waals surface area contributed by atoms with Gasteiger partial charge in [0.05, 0.1) is 0 Å². The minimum absolute atomic E-state index is 0. The molecular formula is C19H24ClNOS. The summed E-state index contributed by atoms with van der Waals surface area (Å²) in [7, 11) is 0. The Kier molecular flexibility index (Phi) is 9.00. The summed E-state index contributed by atoms with van der Waals surface area (Å²) in [4.78, 5) is 14.5. The monoisotopic (exact) mass is 349 g/mol. The molecule has 0 radical (unpaired) electrons. The number of halogens is 1. The van der Waals surface area contributed by atoms with E-state index in [0.29, 0.717) is 0 Å². The van der Waals surface area contributed by atoms with Crippen molar-refractivity contribution in [2.45, 2.75) is 13.8 Å². The van der Waals surface area contributed by atoms with Crippen molar-refractivity contribution in [3.05, 3.63) is 60.2 Å². The second kappa shape index (κ2) is 10.5. The number of thioether (sulfide) groups is 1. The van der Waals surface area contributed by atoms with Crippen LogP contribution in [0, 0.1) is 0 Å². The first kappa shape index (κ1) is 19.8. The molecular weight excluding hydrogens is 326 g/mol. The highest BCUT2D eigenvalue weighted by atomic mass is 35.5. The molecule has 0 aliphatic heterocycles. The predicted molar refractivity (Wildman–Crippen MR) is 104 cm³/mol. The molecule has 0 aliphatic carbocycles. The van der Waals surface area contributed by atoms with Crippen LogP contribution in [0.2, 0.25) is 0 Å². The molecule has 0 atom stereocenters. The first-order valence-corrected chi connectivity index (χ1v) is 8.78. The zero-order valence-electron chi connectivity index (χ0n) is 13.7. The van der Waals surface area contributed by atoms with Gasteiger partial charge >= 0.3 is 0 Å². The second-order valence-electron chi connectivity index (χ2n) is 5.11. The third-order valence-electron chi connectivity index (χ3n) is 3.76. The average Bonchev–Trinajstić information content (AvgIpc) is 2.59. The van der Waals surface area contributed by atoms with Crippen LogP contribution < -0.4 is 0 Å².